The minimum Gasteiger partial charge on any atom is -0.478 e. The first-order chi connectivity index (χ1) is 10.1. The number of carboxylic acids is 1. The van der Waals surface area contributed by atoms with Crippen LogP contribution in [0.3, 0.4) is 0 Å². The summed E-state index contributed by atoms with van der Waals surface area (Å²) in [5.74, 6) is -0.986. The Morgan fingerprint density at radius 2 is 2.00 bits per heavy atom. The number of rotatable bonds is 3. The van der Waals surface area contributed by atoms with E-state index in [0.29, 0.717) is 5.69 Å². The van der Waals surface area contributed by atoms with Gasteiger partial charge in [0.15, 0.2) is 0 Å². The molecule has 6 nitrogen and oxygen atoms in total. The van der Waals surface area contributed by atoms with Crippen LogP contribution in [0.2, 0.25) is 0 Å². The molecule has 0 aliphatic heterocycles. The van der Waals surface area contributed by atoms with Crippen LogP contribution >= 0.6 is 0 Å². The Labute approximate surface area is 120 Å². The number of aromatic carboxylic acids is 1. The largest absolute Gasteiger partial charge is 0.478 e. The molecular formula is C15H12N4O2. The number of aryl methyl sites for hydroxylation is 1. The molecule has 6 heteroatoms. The molecule has 0 bridgehead atoms. The lowest BCUT2D eigenvalue weighted by Gasteiger charge is -2.09. The molecule has 0 saturated carbocycles. The Morgan fingerprint density at radius 1 is 1.19 bits per heavy atom. The maximum Gasteiger partial charge on any atom is 0.335 e. The zero-order valence-electron chi connectivity index (χ0n) is 11.3. The van der Waals surface area contributed by atoms with Crippen LogP contribution in [0.1, 0.15) is 15.9 Å². The molecule has 0 atom stereocenters. The van der Waals surface area contributed by atoms with Gasteiger partial charge in [0.05, 0.1) is 11.3 Å². The third-order valence-corrected chi connectivity index (χ3v) is 3.23. The lowest BCUT2D eigenvalue weighted by Crippen LogP contribution is -2.02. The van der Waals surface area contributed by atoms with Gasteiger partial charge in [-0.2, -0.15) is 0 Å². The predicted molar refractivity (Wildman–Crippen MR) is 76.3 cm³/mol. The smallest absolute Gasteiger partial charge is 0.335 e. The highest BCUT2D eigenvalue weighted by Gasteiger charge is 2.11. The lowest BCUT2D eigenvalue weighted by atomic mass is 9.98. The molecule has 0 unspecified atom stereocenters. The number of tetrazole rings is 1. The first kappa shape index (κ1) is 13.0. The Kier molecular flexibility index (Phi) is 3.19. The molecule has 0 aliphatic carbocycles. The van der Waals surface area contributed by atoms with E-state index in [1.165, 1.54) is 11.0 Å². The average molecular weight is 280 g/mol. The van der Waals surface area contributed by atoms with Gasteiger partial charge in [0.25, 0.3) is 0 Å². The van der Waals surface area contributed by atoms with E-state index in [-0.39, 0.29) is 5.56 Å². The van der Waals surface area contributed by atoms with Crippen molar-refractivity contribution in [3.8, 4) is 16.8 Å². The van der Waals surface area contributed by atoms with Crippen molar-refractivity contribution in [1.82, 2.24) is 20.2 Å². The van der Waals surface area contributed by atoms with Gasteiger partial charge in [-0.05, 0) is 52.2 Å². The van der Waals surface area contributed by atoms with Crippen molar-refractivity contribution in [3.63, 3.8) is 0 Å². The molecule has 1 heterocycles. The highest BCUT2D eigenvalue weighted by Crippen LogP contribution is 2.26. The number of benzene rings is 2. The highest BCUT2D eigenvalue weighted by atomic mass is 16.4. The molecule has 21 heavy (non-hydrogen) atoms. The van der Waals surface area contributed by atoms with Gasteiger partial charge in [0.1, 0.15) is 6.33 Å². The van der Waals surface area contributed by atoms with Crippen LogP contribution in [0.15, 0.2) is 48.8 Å². The number of carbonyl (C=O) groups is 1. The first-order valence-corrected chi connectivity index (χ1v) is 6.33. The van der Waals surface area contributed by atoms with E-state index >= 15 is 0 Å². The zero-order valence-corrected chi connectivity index (χ0v) is 11.3. The molecule has 2 aromatic carbocycles. The summed E-state index contributed by atoms with van der Waals surface area (Å²) in [6, 6.07) is 12.9. The second-order valence-corrected chi connectivity index (χ2v) is 4.64. The number of carboxylic acid groups (broad SMARTS) is 1. The summed E-state index contributed by atoms with van der Waals surface area (Å²) in [7, 11) is 0. The Bertz CT molecular complexity index is 797. The van der Waals surface area contributed by atoms with Gasteiger partial charge in [-0.25, -0.2) is 9.48 Å². The second kappa shape index (κ2) is 5.16. The van der Waals surface area contributed by atoms with E-state index in [9.17, 15) is 9.90 Å². The summed E-state index contributed by atoms with van der Waals surface area (Å²) >= 11 is 0. The Morgan fingerprint density at radius 3 is 2.67 bits per heavy atom. The average Bonchev–Trinajstić information content (AvgIpc) is 3.01. The first-order valence-electron chi connectivity index (χ1n) is 6.33. The van der Waals surface area contributed by atoms with Crippen LogP contribution in [0, 0.1) is 6.92 Å². The summed E-state index contributed by atoms with van der Waals surface area (Å²) in [4.78, 5) is 11.3. The van der Waals surface area contributed by atoms with E-state index in [1.807, 2.05) is 37.3 Å². The summed E-state index contributed by atoms with van der Waals surface area (Å²) in [6.07, 6.45) is 1.43. The molecule has 0 amide bonds. The normalized spacial score (nSPS) is 10.5. The lowest BCUT2D eigenvalue weighted by molar-refractivity contribution is 0.0697. The molecule has 1 aromatic heterocycles. The molecular weight excluding hydrogens is 268 g/mol. The molecule has 0 radical (unpaired) electrons. The summed E-state index contributed by atoms with van der Waals surface area (Å²) < 4.78 is 1.44. The van der Waals surface area contributed by atoms with Gasteiger partial charge < -0.3 is 5.11 Å². The molecule has 104 valence electrons. The van der Waals surface area contributed by atoms with Gasteiger partial charge in [0, 0.05) is 0 Å². The zero-order chi connectivity index (χ0) is 14.8. The Balaban J connectivity index is 2.21. The highest BCUT2D eigenvalue weighted by molar-refractivity contribution is 5.90. The third-order valence-electron chi connectivity index (χ3n) is 3.23. The Hall–Kier alpha value is -3.02. The third kappa shape index (κ3) is 2.51. The summed E-state index contributed by atoms with van der Waals surface area (Å²) in [5.41, 5.74) is 3.68. The van der Waals surface area contributed by atoms with Gasteiger partial charge in [-0.15, -0.1) is 5.10 Å². The topological polar surface area (TPSA) is 80.9 Å². The second-order valence-electron chi connectivity index (χ2n) is 4.64. The quantitative estimate of drug-likeness (QED) is 0.796. The van der Waals surface area contributed by atoms with Gasteiger partial charge in [-0.1, -0.05) is 24.3 Å². The van der Waals surface area contributed by atoms with Crippen molar-refractivity contribution in [1.29, 1.82) is 0 Å². The van der Waals surface area contributed by atoms with Crippen LogP contribution in [-0.4, -0.2) is 31.3 Å². The van der Waals surface area contributed by atoms with Crippen molar-refractivity contribution in [3.05, 3.63) is 59.9 Å². The maximum atomic E-state index is 11.3. The van der Waals surface area contributed by atoms with Gasteiger partial charge in [-0.3, -0.25) is 0 Å². The van der Waals surface area contributed by atoms with Crippen LogP contribution in [-0.2, 0) is 0 Å². The van der Waals surface area contributed by atoms with Crippen LogP contribution in [0.25, 0.3) is 16.8 Å². The van der Waals surface area contributed by atoms with Crippen molar-refractivity contribution in [2.24, 2.45) is 0 Å². The number of hydrogen-bond acceptors (Lipinski definition) is 4. The van der Waals surface area contributed by atoms with E-state index in [0.717, 1.165) is 16.7 Å². The van der Waals surface area contributed by atoms with Gasteiger partial charge >= 0.3 is 5.97 Å². The monoisotopic (exact) mass is 280 g/mol. The van der Waals surface area contributed by atoms with Crippen LogP contribution < -0.4 is 0 Å². The van der Waals surface area contributed by atoms with Crippen LogP contribution in [0.5, 0.6) is 0 Å². The number of nitrogens with zero attached hydrogens (tertiary/aromatic N) is 4. The van der Waals surface area contributed by atoms with E-state index < -0.39 is 5.97 Å². The maximum absolute atomic E-state index is 11.3. The van der Waals surface area contributed by atoms with Crippen molar-refractivity contribution < 1.29 is 9.90 Å². The van der Waals surface area contributed by atoms with Crippen LogP contribution in [0.4, 0.5) is 0 Å². The summed E-state index contributed by atoms with van der Waals surface area (Å²) in [5, 5.41) is 20.2. The number of aromatic nitrogens is 4. The standard InChI is InChI=1S/C15H12N4O2/c1-10-4-2-3-5-14(10)11-6-12(15(20)21)8-13(7-11)19-9-16-17-18-19/h2-9H,1H3,(H,20,21). The fourth-order valence-corrected chi connectivity index (χ4v) is 2.20. The van der Waals surface area contributed by atoms with Crippen molar-refractivity contribution >= 4 is 5.97 Å². The molecule has 0 spiro atoms. The molecule has 0 saturated heterocycles. The van der Waals surface area contributed by atoms with E-state index in [2.05, 4.69) is 15.5 Å². The minimum atomic E-state index is -0.986. The molecule has 0 aliphatic rings. The fraction of sp³-hybridized carbons (Fsp3) is 0.0667. The van der Waals surface area contributed by atoms with Gasteiger partial charge in [0.2, 0.25) is 0 Å². The molecule has 3 aromatic rings. The van der Waals surface area contributed by atoms with Crippen molar-refractivity contribution in [2.45, 2.75) is 6.92 Å². The van der Waals surface area contributed by atoms with E-state index in [4.69, 9.17) is 0 Å². The number of hydrogen-bond donors (Lipinski definition) is 1. The fourth-order valence-electron chi connectivity index (χ4n) is 2.20. The predicted octanol–water partition coefficient (Wildman–Crippen LogP) is 2.34. The summed E-state index contributed by atoms with van der Waals surface area (Å²) in [6.45, 7) is 1.99. The molecule has 0 fully saturated rings. The van der Waals surface area contributed by atoms with Crippen molar-refractivity contribution in [2.75, 3.05) is 0 Å². The van der Waals surface area contributed by atoms with E-state index in [1.54, 1.807) is 12.1 Å². The SMILES string of the molecule is Cc1ccccc1-c1cc(C(=O)O)cc(-n2cnnn2)c1. The molecule has 1 N–H and O–H groups in total. The molecule has 3 rings (SSSR count). The minimum absolute atomic E-state index is 0.196.